The van der Waals surface area contributed by atoms with Crippen LogP contribution in [0.25, 0.3) is 22.3 Å². The van der Waals surface area contributed by atoms with Crippen LogP contribution in [0, 0.1) is 5.92 Å². The predicted octanol–water partition coefficient (Wildman–Crippen LogP) is 0.829. The van der Waals surface area contributed by atoms with Gasteiger partial charge >= 0.3 is 0 Å². The fraction of sp³-hybridized carbons (Fsp3) is 0.523. The summed E-state index contributed by atoms with van der Waals surface area (Å²) >= 11 is 0. The van der Waals surface area contributed by atoms with Crippen LogP contribution in [0.4, 0.5) is 0 Å². The van der Waals surface area contributed by atoms with Crippen LogP contribution in [0.2, 0.25) is 0 Å². The van der Waals surface area contributed by atoms with Gasteiger partial charge in [0.2, 0.25) is 35.4 Å². The molecular formula is C65H88N8O17. The summed E-state index contributed by atoms with van der Waals surface area (Å²) in [6.07, 6.45) is -10.9. The van der Waals surface area contributed by atoms with Crippen LogP contribution in [0.15, 0.2) is 97.1 Å². The number of fused-ring (bicyclic) bond motifs is 2. The summed E-state index contributed by atoms with van der Waals surface area (Å²) in [4.78, 5) is 106. The van der Waals surface area contributed by atoms with E-state index in [4.69, 9.17) is 9.47 Å². The molecular weight excluding hydrogens is 1160 g/mol. The number of hydrogen-bond donors (Lipinski definition) is 13. The number of amides is 7. The molecule has 25 heteroatoms. The number of unbranched alkanes of at least 4 members (excludes halogenated alkanes) is 3. The highest BCUT2D eigenvalue weighted by Crippen LogP contribution is 2.30. The molecule has 0 radical (unpaired) electrons. The van der Waals surface area contributed by atoms with Gasteiger partial charge in [-0.05, 0) is 104 Å². The molecule has 15 atom stereocenters. The van der Waals surface area contributed by atoms with Crippen molar-refractivity contribution in [1.29, 1.82) is 0 Å². The number of hydrogen-bond acceptors (Lipinski definition) is 18. The van der Waals surface area contributed by atoms with Gasteiger partial charge in [0.1, 0.15) is 66.1 Å². The number of aliphatic hydroxyl groups is 7. The van der Waals surface area contributed by atoms with E-state index in [0.29, 0.717) is 13.2 Å². The lowest BCUT2D eigenvalue weighted by atomic mass is 9.96. The van der Waals surface area contributed by atoms with Gasteiger partial charge in [0.15, 0.2) is 6.23 Å². The SMILES string of the molecule is CCCCCOc1ccc(-c2ccc(-c3ccc(C(=O)N[C@H]4C[C@@H](O)[C@@H](OCCN(C)CCCC)NC(=O)[C@@H]5[C@@H](O)[C@@H](C)CN5C(=O)[C@H]([C@@H](C)O)NC(=O)[C@H]([C@H](O)[C@@H](O)c5ccc(O)cc5)NC(=O)[C@@H]5C[C@@H](O)CN5C(=O)[C@H]([C@@H](C)O)NC4=O)cc3)cc2)cc1. The molecule has 0 aliphatic carbocycles. The maximum Gasteiger partial charge on any atom is 0.251 e. The van der Waals surface area contributed by atoms with Gasteiger partial charge in [-0.3, -0.25) is 33.6 Å². The van der Waals surface area contributed by atoms with Gasteiger partial charge in [-0.2, -0.15) is 0 Å². The van der Waals surface area contributed by atoms with Crippen LogP contribution in [-0.2, 0) is 33.5 Å². The standard InChI is InChI=1S/C65H88N8O17/c1-7-9-11-30-89-47-26-22-42(23-27-47)40-14-12-39(13-15-40)41-16-18-44(19-17-41)58(82)66-48-33-50(78)63(90-31-29-71(6)28-10-8-2)70-62(86)54-55(79)36(3)34-73(54)65(88)52(38(5)75)68-61(85)53(57(81)56(80)43-20-24-45(76)25-21-43)69-60(84)49-32-46(77)35-72(49)64(87)51(37(4)74)67-59(48)83/h12-27,36-38,46,48-57,63,74-81H,7-11,28-35H2,1-6H3,(H,66,82)(H,67,83)(H,68,85)(H,69,84)(H,70,86)/t36-,37+,38+,46+,48-,49-,50+,51-,52-,53-,54-,55-,56-,57-,63+/m0/s1. The summed E-state index contributed by atoms with van der Waals surface area (Å²) in [6.45, 7) is 8.45. The average molecular weight is 1250 g/mol. The van der Waals surface area contributed by atoms with Crippen LogP contribution < -0.4 is 31.3 Å². The molecule has 13 N–H and O–H groups in total. The van der Waals surface area contributed by atoms with Crippen molar-refractivity contribution in [2.45, 2.75) is 165 Å². The molecule has 0 unspecified atom stereocenters. The third kappa shape index (κ3) is 17.9. The van der Waals surface area contributed by atoms with Gasteiger partial charge in [0.25, 0.3) is 5.91 Å². The lowest BCUT2D eigenvalue weighted by Crippen LogP contribution is -2.64. The van der Waals surface area contributed by atoms with Gasteiger partial charge in [-0.25, -0.2) is 0 Å². The summed E-state index contributed by atoms with van der Waals surface area (Å²) in [7, 11) is 1.82. The summed E-state index contributed by atoms with van der Waals surface area (Å²) in [5.74, 6) is -8.23. The molecule has 7 rings (SSSR count). The van der Waals surface area contributed by atoms with Gasteiger partial charge < -0.3 is 91.6 Å². The number of carbonyl (C=O) groups is 7. The first-order valence-electron chi connectivity index (χ1n) is 30.8. The second kappa shape index (κ2) is 32.4. The number of nitrogens with zero attached hydrogens (tertiary/aromatic N) is 3. The largest absolute Gasteiger partial charge is 0.508 e. The Morgan fingerprint density at radius 2 is 1.18 bits per heavy atom. The van der Waals surface area contributed by atoms with Crippen molar-refractivity contribution in [1.82, 2.24) is 41.3 Å². The van der Waals surface area contributed by atoms with Crippen molar-refractivity contribution >= 4 is 41.4 Å². The fourth-order valence-corrected chi connectivity index (χ4v) is 11.2. The molecule has 490 valence electrons. The molecule has 0 bridgehead atoms. The Labute approximate surface area is 523 Å². The van der Waals surface area contributed by atoms with Crippen LogP contribution in [0.1, 0.15) is 102 Å². The minimum Gasteiger partial charge on any atom is -0.508 e. The number of nitrogens with one attached hydrogen (secondary N) is 5. The monoisotopic (exact) mass is 1250 g/mol. The molecule has 3 aliphatic rings. The number of benzene rings is 4. The molecule has 90 heavy (non-hydrogen) atoms. The lowest BCUT2D eigenvalue weighted by molar-refractivity contribution is -0.149. The molecule has 4 aromatic carbocycles. The highest BCUT2D eigenvalue weighted by atomic mass is 16.5. The molecule has 0 aromatic heterocycles. The van der Waals surface area contributed by atoms with Crippen LogP contribution in [0.5, 0.6) is 11.5 Å². The molecule has 7 amide bonds. The third-order valence-corrected chi connectivity index (χ3v) is 16.7. The number of carbonyl (C=O) groups excluding carboxylic acids is 7. The number of ether oxygens (including phenoxy) is 2. The molecule has 0 saturated carbocycles. The fourth-order valence-electron chi connectivity index (χ4n) is 11.2. The summed E-state index contributed by atoms with van der Waals surface area (Å²) in [6, 6.07) is 15.3. The van der Waals surface area contributed by atoms with Crippen LogP contribution in [-0.4, -0.2) is 222 Å². The predicted molar refractivity (Wildman–Crippen MR) is 330 cm³/mol. The molecule has 25 nitrogen and oxygen atoms in total. The maximum absolute atomic E-state index is 14.9. The minimum absolute atomic E-state index is 0.0490. The van der Waals surface area contributed by atoms with Gasteiger partial charge in [-0.15, -0.1) is 0 Å². The Bertz CT molecular complexity index is 3050. The second-order valence-corrected chi connectivity index (χ2v) is 23.8. The van der Waals surface area contributed by atoms with E-state index in [1.165, 1.54) is 43.3 Å². The van der Waals surface area contributed by atoms with Crippen molar-refractivity contribution in [3.8, 4) is 33.8 Å². The van der Waals surface area contributed by atoms with Crippen molar-refractivity contribution in [2.75, 3.05) is 46.4 Å². The number of likely N-dealkylation sites (N-methyl/N-ethyl adjacent to an activating group) is 1. The van der Waals surface area contributed by atoms with Gasteiger partial charge in [0, 0.05) is 44.0 Å². The minimum atomic E-state index is -2.29. The van der Waals surface area contributed by atoms with E-state index in [-0.39, 0.29) is 36.6 Å². The van der Waals surface area contributed by atoms with E-state index in [2.05, 4.69) is 33.5 Å². The molecule has 3 saturated heterocycles. The summed E-state index contributed by atoms with van der Waals surface area (Å²) in [5, 5.41) is 103. The number of phenols is 1. The van der Waals surface area contributed by atoms with E-state index in [9.17, 15) is 74.4 Å². The van der Waals surface area contributed by atoms with Crippen molar-refractivity contribution in [3.63, 3.8) is 0 Å². The smallest absolute Gasteiger partial charge is 0.251 e. The van der Waals surface area contributed by atoms with Gasteiger partial charge in [0.05, 0.1) is 37.6 Å². The Balaban J connectivity index is 1.23. The highest BCUT2D eigenvalue weighted by Gasteiger charge is 2.50. The van der Waals surface area contributed by atoms with E-state index in [0.717, 1.165) is 83.8 Å². The number of phenolic OH excluding ortho intramolecular Hbond substituents is 1. The molecule has 4 aromatic rings. The Kier molecular flexibility index (Phi) is 25.2. The topological polar surface area (TPSA) is 370 Å². The Hall–Kier alpha value is -7.59. The Morgan fingerprint density at radius 1 is 0.633 bits per heavy atom. The zero-order valence-corrected chi connectivity index (χ0v) is 51.7. The van der Waals surface area contributed by atoms with Crippen molar-refractivity contribution in [2.24, 2.45) is 5.92 Å². The van der Waals surface area contributed by atoms with E-state index < -0.39 is 152 Å². The third-order valence-electron chi connectivity index (χ3n) is 16.7. The highest BCUT2D eigenvalue weighted by molar-refractivity contribution is 6.00. The van der Waals surface area contributed by atoms with Crippen LogP contribution in [0.3, 0.4) is 0 Å². The van der Waals surface area contributed by atoms with E-state index >= 15 is 0 Å². The second-order valence-electron chi connectivity index (χ2n) is 23.8. The average Bonchev–Trinajstić information content (AvgIpc) is 1.64. The zero-order chi connectivity index (χ0) is 65.5. The molecule has 3 heterocycles. The van der Waals surface area contributed by atoms with Crippen molar-refractivity contribution in [3.05, 3.63) is 108 Å². The number of rotatable bonds is 21. The van der Waals surface area contributed by atoms with Crippen molar-refractivity contribution < 1.29 is 83.9 Å². The normalized spacial score (nSPS) is 26.2. The summed E-state index contributed by atoms with van der Waals surface area (Å²) < 4.78 is 12.0. The number of aliphatic hydroxyl groups excluding tert-OH is 7. The number of aromatic hydroxyl groups is 1. The first-order valence-corrected chi connectivity index (χ1v) is 30.8. The van der Waals surface area contributed by atoms with Gasteiger partial charge in [-0.1, -0.05) is 101 Å². The molecule has 3 fully saturated rings. The summed E-state index contributed by atoms with van der Waals surface area (Å²) in [5.41, 5.74) is 3.48. The molecule has 3 aliphatic heterocycles. The van der Waals surface area contributed by atoms with E-state index in [1.807, 2.05) is 67.4 Å². The first kappa shape index (κ1) is 69.9. The van der Waals surface area contributed by atoms with E-state index in [1.54, 1.807) is 12.1 Å². The quantitative estimate of drug-likeness (QED) is 0.0514. The first-order chi connectivity index (χ1) is 42.9. The maximum atomic E-state index is 14.9. The zero-order valence-electron chi connectivity index (χ0n) is 51.7. The molecule has 0 spiro atoms. The lowest BCUT2D eigenvalue weighted by Gasteiger charge is -2.34. The van der Waals surface area contributed by atoms with Crippen LogP contribution >= 0.6 is 0 Å². The Morgan fingerprint density at radius 3 is 1.76 bits per heavy atom.